The maximum absolute atomic E-state index is 13.0. The number of benzene rings is 2. The summed E-state index contributed by atoms with van der Waals surface area (Å²) in [6.45, 7) is 0.125. The third-order valence-electron chi connectivity index (χ3n) is 3.54. The highest BCUT2D eigenvalue weighted by molar-refractivity contribution is 7.99. The fourth-order valence-electron chi connectivity index (χ4n) is 2.25. The van der Waals surface area contributed by atoms with Crippen molar-refractivity contribution in [1.29, 1.82) is 0 Å². The highest BCUT2D eigenvalue weighted by Crippen LogP contribution is 2.34. The molecule has 0 radical (unpaired) electrons. The van der Waals surface area contributed by atoms with Gasteiger partial charge in [-0.1, -0.05) is 35.5 Å². The van der Waals surface area contributed by atoms with Gasteiger partial charge in [0.1, 0.15) is 12.4 Å². The van der Waals surface area contributed by atoms with Gasteiger partial charge in [-0.15, -0.1) is 5.10 Å². The predicted octanol–water partition coefficient (Wildman–Crippen LogP) is 4.79. The molecule has 0 atom stereocenters. The van der Waals surface area contributed by atoms with Gasteiger partial charge >= 0.3 is 6.18 Å². The summed E-state index contributed by atoms with van der Waals surface area (Å²) in [5, 5.41) is 9.75. The van der Waals surface area contributed by atoms with Gasteiger partial charge in [0.25, 0.3) is 0 Å². The molecule has 2 N–H and O–H groups in total. The molecule has 0 saturated heterocycles. The Morgan fingerprint density at radius 1 is 1.17 bits per heavy atom. The number of amides is 1. The van der Waals surface area contributed by atoms with Crippen molar-refractivity contribution in [3.8, 4) is 5.75 Å². The lowest BCUT2D eigenvalue weighted by molar-refractivity contribution is -0.137. The quantitative estimate of drug-likeness (QED) is 0.514. The van der Waals surface area contributed by atoms with E-state index in [1.807, 2.05) is 0 Å². The normalized spacial score (nSPS) is 11.3. The topological polar surface area (TPSA) is 79.9 Å². The number of carbonyl (C=O) groups excluding carboxylic acids is 1. The van der Waals surface area contributed by atoms with Crippen LogP contribution in [0.2, 0.25) is 5.02 Å². The van der Waals surface area contributed by atoms with Crippen LogP contribution in [0.25, 0.3) is 0 Å². The highest BCUT2D eigenvalue weighted by Gasteiger charge is 2.33. The average Bonchev–Trinajstić information content (AvgIpc) is 3.13. The summed E-state index contributed by atoms with van der Waals surface area (Å²) in [5.41, 5.74) is -1.20. The molecule has 1 aromatic heterocycles. The van der Waals surface area contributed by atoms with Crippen molar-refractivity contribution in [2.24, 2.45) is 0 Å². The molecule has 1 amide bonds. The first-order chi connectivity index (χ1) is 13.8. The van der Waals surface area contributed by atoms with Crippen LogP contribution < -0.4 is 10.1 Å². The van der Waals surface area contributed by atoms with Gasteiger partial charge in [0, 0.05) is 5.02 Å². The van der Waals surface area contributed by atoms with Crippen LogP contribution in [-0.4, -0.2) is 26.8 Å². The van der Waals surface area contributed by atoms with Gasteiger partial charge in [-0.05, 0) is 36.4 Å². The van der Waals surface area contributed by atoms with E-state index < -0.39 is 17.6 Å². The number of hydrogen-bond donors (Lipinski definition) is 2. The Bertz CT molecular complexity index is 980. The van der Waals surface area contributed by atoms with Crippen LogP contribution in [0, 0.1) is 0 Å². The first-order valence-electron chi connectivity index (χ1n) is 8.20. The summed E-state index contributed by atoms with van der Waals surface area (Å²) in [6.07, 6.45) is -4.56. The number of aromatic nitrogens is 3. The molecule has 0 fully saturated rings. The van der Waals surface area contributed by atoms with E-state index in [4.69, 9.17) is 16.3 Å². The van der Waals surface area contributed by atoms with E-state index in [2.05, 4.69) is 20.5 Å². The van der Waals surface area contributed by atoms with Crippen LogP contribution in [0.5, 0.6) is 5.75 Å². The molecule has 0 saturated carbocycles. The summed E-state index contributed by atoms with van der Waals surface area (Å²) in [4.78, 5) is 16.2. The first-order valence-corrected chi connectivity index (χ1v) is 9.56. The fraction of sp³-hybridized carbons (Fsp3) is 0.167. The smallest absolute Gasteiger partial charge is 0.418 e. The standard InChI is InChI=1S/C18H14ClF3N4O2S/c19-11-5-7-12(8-6-11)28-9-15-24-17(26-25-15)29-10-16(27)23-14-4-2-1-3-13(14)18(20,21)22/h1-8H,9-10H2,(H,23,27)(H,24,25,26). The minimum Gasteiger partial charge on any atom is -0.486 e. The maximum atomic E-state index is 13.0. The zero-order chi connectivity index (χ0) is 20.9. The number of nitrogens with zero attached hydrogens (tertiary/aromatic N) is 2. The zero-order valence-electron chi connectivity index (χ0n) is 14.7. The number of hydrogen-bond acceptors (Lipinski definition) is 5. The highest BCUT2D eigenvalue weighted by atomic mass is 35.5. The number of anilines is 1. The molecule has 2 aromatic carbocycles. The number of ether oxygens (including phenoxy) is 1. The second kappa shape index (κ2) is 9.19. The number of thioether (sulfide) groups is 1. The molecule has 0 aliphatic heterocycles. The number of H-pyrrole nitrogens is 1. The van der Waals surface area contributed by atoms with Crippen LogP contribution in [0.1, 0.15) is 11.4 Å². The van der Waals surface area contributed by atoms with E-state index in [-0.39, 0.29) is 23.2 Å². The van der Waals surface area contributed by atoms with Crippen LogP contribution in [0.15, 0.2) is 53.7 Å². The van der Waals surface area contributed by atoms with Crippen molar-refractivity contribution in [2.75, 3.05) is 11.1 Å². The van der Waals surface area contributed by atoms with Crippen LogP contribution in [0.3, 0.4) is 0 Å². The Hall–Kier alpha value is -2.72. The molecule has 0 aliphatic carbocycles. The number of aromatic amines is 1. The van der Waals surface area contributed by atoms with Crippen molar-refractivity contribution in [3.05, 3.63) is 64.9 Å². The molecule has 3 aromatic rings. The summed E-state index contributed by atoms with van der Waals surface area (Å²) in [7, 11) is 0. The number of nitrogens with one attached hydrogen (secondary N) is 2. The van der Waals surface area contributed by atoms with Crippen LogP contribution in [0.4, 0.5) is 18.9 Å². The average molecular weight is 443 g/mol. The number of rotatable bonds is 7. The van der Waals surface area contributed by atoms with Gasteiger partial charge in [0.2, 0.25) is 11.1 Å². The summed E-state index contributed by atoms with van der Waals surface area (Å²) in [6, 6.07) is 11.6. The van der Waals surface area contributed by atoms with Crippen molar-refractivity contribution >= 4 is 35.0 Å². The van der Waals surface area contributed by atoms with Gasteiger partial charge < -0.3 is 10.1 Å². The molecule has 29 heavy (non-hydrogen) atoms. The SMILES string of the molecule is O=C(CSc1n[nH]c(COc2ccc(Cl)cc2)n1)Nc1ccccc1C(F)(F)F. The molecule has 0 bridgehead atoms. The second-order valence-corrected chi connectivity index (χ2v) is 7.07. The molecular weight excluding hydrogens is 429 g/mol. The Kier molecular flexibility index (Phi) is 6.65. The summed E-state index contributed by atoms with van der Waals surface area (Å²) >= 11 is 6.79. The monoisotopic (exact) mass is 442 g/mol. The molecule has 3 rings (SSSR count). The molecule has 11 heteroatoms. The minimum atomic E-state index is -4.56. The maximum Gasteiger partial charge on any atom is 0.418 e. The Morgan fingerprint density at radius 2 is 1.90 bits per heavy atom. The van der Waals surface area contributed by atoms with Crippen LogP contribution >= 0.6 is 23.4 Å². The third kappa shape index (κ3) is 6.13. The molecule has 0 aliphatic rings. The Balaban J connectivity index is 1.51. The van der Waals surface area contributed by atoms with Crippen molar-refractivity contribution in [2.45, 2.75) is 17.9 Å². The largest absolute Gasteiger partial charge is 0.486 e. The predicted molar refractivity (Wildman–Crippen MR) is 103 cm³/mol. The molecular formula is C18H14ClF3N4O2S. The van der Waals surface area contributed by atoms with E-state index in [1.54, 1.807) is 24.3 Å². The lowest BCUT2D eigenvalue weighted by Gasteiger charge is -2.13. The lowest BCUT2D eigenvalue weighted by atomic mass is 10.1. The van der Waals surface area contributed by atoms with Gasteiger partial charge in [0.15, 0.2) is 5.82 Å². The van der Waals surface area contributed by atoms with E-state index in [0.717, 1.165) is 17.8 Å². The minimum absolute atomic E-state index is 0.125. The third-order valence-corrected chi connectivity index (χ3v) is 4.64. The van der Waals surface area contributed by atoms with E-state index in [9.17, 15) is 18.0 Å². The van der Waals surface area contributed by atoms with Gasteiger partial charge in [0.05, 0.1) is 17.0 Å². The molecule has 0 spiro atoms. The zero-order valence-corrected chi connectivity index (χ0v) is 16.2. The number of carbonyl (C=O) groups is 1. The van der Waals surface area contributed by atoms with E-state index in [0.29, 0.717) is 16.6 Å². The van der Waals surface area contributed by atoms with Gasteiger partial charge in [-0.3, -0.25) is 9.89 Å². The Morgan fingerprint density at radius 3 is 2.62 bits per heavy atom. The molecule has 1 heterocycles. The van der Waals surface area contributed by atoms with Gasteiger partial charge in [-0.2, -0.15) is 13.2 Å². The number of alkyl halides is 3. The number of halogens is 4. The van der Waals surface area contributed by atoms with Crippen molar-refractivity contribution in [1.82, 2.24) is 15.2 Å². The van der Waals surface area contributed by atoms with Crippen molar-refractivity contribution < 1.29 is 22.7 Å². The second-order valence-electron chi connectivity index (χ2n) is 5.69. The number of para-hydroxylation sites is 1. The molecule has 0 unspecified atom stereocenters. The summed E-state index contributed by atoms with van der Waals surface area (Å²) in [5.74, 6) is 0.282. The molecule has 6 nitrogen and oxygen atoms in total. The first kappa shape index (κ1) is 21.0. The Labute approximate surface area is 172 Å². The van der Waals surface area contributed by atoms with Crippen LogP contribution in [-0.2, 0) is 17.6 Å². The molecule has 152 valence electrons. The van der Waals surface area contributed by atoms with Crippen molar-refractivity contribution in [3.63, 3.8) is 0 Å². The van der Waals surface area contributed by atoms with Gasteiger partial charge in [-0.25, -0.2) is 4.98 Å². The lowest BCUT2D eigenvalue weighted by Crippen LogP contribution is -2.18. The summed E-state index contributed by atoms with van der Waals surface area (Å²) < 4.78 is 44.4. The fourth-order valence-corrected chi connectivity index (χ4v) is 2.99. The van der Waals surface area contributed by atoms with E-state index in [1.165, 1.54) is 18.2 Å². The van der Waals surface area contributed by atoms with E-state index >= 15 is 0 Å².